The second-order valence-electron chi connectivity index (χ2n) is 8.42. The molecule has 2 fully saturated rings. The third kappa shape index (κ3) is 4.56. The standard InChI is InChI=1S/C22H24N2O6S/c1-14(21-12-15-5-6-17(21)11-15)23-22(25)16-7-9-19(10-8-16)30-31(28,29)20-4-2-3-18(13-20)24(26)27/h2-4,7-10,13-15,17,21H,5-6,11-12H2,1H3,(H,23,25)/t14-,15-,17+,21-/m1/s1. The number of fused-ring (bicyclic) bond motifs is 2. The van der Waals surface area contributed by atoms with Gasteiger partial charge in [-0.15, -0.1) is 0 Å². The Morgan fingerprint density at radius 1 is 1.16 bits per heavy atom. The molecule has 8 nitrogen and oxygen atoms in total. The fourth-order valence-electron chi connectivity index (χ4n) is 4.89. The molecule has 0 aliphatic heterocycles. The van der Waals surface area contributed by atoms with Gasteiger partial charge >= 0.3 is 10.1 Å². The summed E-state index contributed by atoms with van der Waals surface area (Å²) in [7, 11) is -4.24. The molecule has 2 saturated carbocycles. The van der Waals surface area contributed by atoms with E-state index in [1.807, 2.05) is 6.92 Å². The first-order valence-electron chi connectivity index (χ1n) is 10.3. The summed E-state index contributed by atoms with van der Waals surface area (Å²) in [6.07, 6.45) is 5.01. The zero-order chi connectivity index (χ0) is 22.2. The van der Waals surface area contributed by atoms with Crippen LogP contribution in [-0.4, -0.2) is 25.3 Å². The molecule has 0 spiro atoms. The summed E-state index contributed by atoms with van der Waals surface area (Å²) < 4.78 is 29.9. The van der Waals surface area contributed by atoms with E-state index in [0.29, 0.717) is 17.4 Å². The number of amides is 1. The smallest absolute Gasteiger partial charge is 0.339 e. The van der Waals surface area contributed by atoms with E-state index >= 15 is 0 Å². The van der Waals surface area contributed by atoms with Crippen LogP contribution in [0.2, 0.25) is 0 Å². The number of non-ortho nitro benzene ring substituents is 1. The van der Waals surface area contributed by atoms with Crippen LogP contribution >= 0.6 is 0 Å². The molecule has 0 radical (unpaired) electrons. The van der Waals surface area contributed by atoms with Crippen molar-refractivity contribution in [3.63, 3.8) is 0 Å². The number of carbonyl (C=O) groups is 1. The van der Waals surface area contributed by atoms with Crippen molar-refractivity contribution >= 4 is 21.7 Å². The maximum absolute atomic E-state index is 12.6. The summed E-state index contributed by atoms with van der Waals surface area (Å²) >= 11 is 0. The average molecular weight is 445 g/mol. The Morgan fingerprint density at radius 3 is 2.52 bits per heavy atom. The fourth-order valence-corrected chi connectivity index (χ4v) is 5.86. The zero-order valence-corrected chi connectivity index (χ0v) is 17.9. The monoisotopic (exact) mass is 444 g/mol. The number of carbonyl (C=O) groups excluding carboxylic acids is 1. The predicted octanol–water partition coefficient (Wildman–Crippen LogP) is 3.92. The van der Waals surface area contributed by atoms with Crippen molar-refractivity contribution in [1.82, 2.24) is 5.32 Å². The molecule has 0 unspecified atom stereocenters. The number of rotatable bonds is 7. The molecule has 2 aliphatic rings. The molecule has 2 aromatic rings. The number of hydrogen-bond donors (Lipinski definition) is 1. The highest BCUT2D eigenvalue weighted by molar-refractivity contribution is 7.87. The number of nitrogens with one attached hydrogen (secondary N) is 1. The summed E-state index contributed by atoms with van der Waals surface area (Å²) in [6.45, 7) is 2.05. The number of nitro groups is 1. The van der Waals surface area contributed by atoms with Gasteiger partial charge in [0, 0.05) is 23.7 Å². The molecule has 1 amide bonds. The molecule has 2 aliphatic carbocycles. The van der Waals surface area contributed by atoms with E-state index in [0.717, 1.165) is 12.0 Å². The maximum atomic E-state index is 12.6. The Labute approximate surface area is 180 Å². The van der Waals surface area contributed by atoms with Crippen molar-refractivity contribution in [1.29, 1.82) is 0 Å². The van der Waals surface area contributed by atoms with Gasteiger partial charge in [-0.25, -0.2) is 0 Å². The lowest BCUT2D eigenvalue weighted by molar-refractivity contribution is -0.385. The lowest BCUT2D eigenvalue weighted by Gasteiger charge is -2.28. The van der Waals surface area contributed by atoms with Gasteiger partial charge in [-0.2, -0.15) is 8.42 Å². The summed E-state index contributed by atoms with van der Waals surface area (Å²) in [5.41, 5.74) is 0.0661. The van der Waals surface area contributed by atoms with Gasteiger partial charge in [0.2, 0.25) is 0 Å². The largest absolute Gasteiger partial charge is 0.379 e. The Hall–Kier alpha value is -2.94. The number of benzene rings is 2. The van der Waals surface area contributed by atoms with Crippen LogP contribution in [0.4, 0.5) is 5.69 Å². The summed E-state index contributed by atoms with van der Waals surface area (Å²) in [5.74, 6) is 1.84. The highest BCUT2D eigenvalue weighted by atomic mass is 32.2. The molecule has 0 heterocycles. The molecule has 9 heteroatoms. The van der Waals surface area contributed by atoms with Crippen molar-refractivity contribution in [2.24, 2.45) is 17.8 Å². The second kappa shape index (κ2) is 8.30. The molecule has 0 saturated heterocycles. The van der Waals surface area contributed by atoms with E-state index in [1.54, 1.807) is 0 Å². The topological polar surface area (TPSA) is 116 Å². The molecule has 164 valence electrons. The van der Waals surface area contributed by atoms with Gasteiger partial charge in [0.05, 0.1) is 4.92 Å². The predicted molar refractivity (Wildman–Crippen MR) is 113 cm³/mol. The molecular weight excluding hydrogens is 420 g/mol. The van der Waals surface area contributed by atoms with Crippen LogP contribution < -0.4 is 9.50 Å². The van der Waals surface area contributed by atoms with Crippen LogP contribution in [0.5, 0.6) is 5.75 Å². The minimum Gasteiger partial charge on any atom is -0.379 e. The summed E-state index contributed by atoms with van der Waals surface area (Å²) in [5, 5.41) is 13.9. The van der Waals surface area contributed by atoms with Gasteiger partial charge in [-0.3, -0.25) is 14.9 Å². The van der Waals surface area contributed by atoms with Crippen molar-refractivity contribution < 1.29 is 22.3 Å². The van der Waals surface area contributed by atoms with Crippen LogP contribution in [0, 0.1) is 27.9 Å². The van der Waals surface area contributed by atoms with E-state index < -0.39 is 15.0 Å². The van der Waals surface area contributed by atoms with Crippen molar-refractivity contribution in [2.45, 2.75) is 43.5 Å². The van der Waals surface area contributed by atoms with E-state index in [4.69, 9.17) is 4.18 Å². The van der Waals surface area contributed by atoms with Gasteiger partial charge in [-0.05, 0) is 74.3 Å². The van der Waals surface area contributed by atoms with Crippen LogP contribution in [0.3, 0.4) is 0 Å². The fraction of sp³-hybridized carbons (Fsp3) is 0.409. The van der Waals surface area contributed by atoms with Crippen LogP contribution in [-0.2, 0) is 10.1 Å². The first-order chi connectivity index (χ1) is 14.7. The Balaban J connectivity index is 1.40. The summed E-state index contributed by atoms with van der Waals surface area (Å²) in [6, 6.07) is 10.5. The van der Waals surface area contributed by atoms with E-state index in [2.05, 4.69) is 5.32 Å². The third-order valence-electron chi connectivity index (χ3n) is 6.43. The average Bonchev–Trinajstić information content (AvgIpc) is 3.38. The molecule has 0 aromatic heterocycles. The molecular formula is C22H24N2O6S. The van der Waals surface area contributed by atoms with E-state index in [9.17, 15) is 23.3 Å². The van der Waals surface area contributed by atoms with Gasteiger partial charge in [-0.1, -0.05) is 12.5 Å². The molecule has 2 aromatic carbocycles. The molecule has 31 heavy (non-hydrogen) atoms. The first kappa shape index (κ1) is 21.3. The van der Waals surface area contributed by atoms with Gasteiger partial charge in [0.25, 0.3) is 11.6 Å². The summed E-state index contributed by atoms with van der Waals surface area (Å²) in [4.78, 5) is 22.5. The van der Waals surface area contributed by atoms with Crippen molar-refractivity contribution in [3.05, 3.63) is 64.2 Å². The van der Waals surface area contributed by atoms with Gasteiger partial charge in [0.15, 0.2) is 0 Å². The van der Waals surface area contributed by atoms with Crippen LogP contribution in [0.1, 0.15) is 43.0 Å². The van der Waals surface area contributed by atoms with Crippen LogP contribution in [0.15, 0.2) is 53.4 Å². The van der Waals surface area contributed by atoms with Crippen LogP contribution in [0.25, 0.3) is 0 Å². The minimum atomic E-state index is -4.24. The number of hydrogen-bond acceptors (Lipinski definition) is 6. The molecule has 2 bridgehead atoms. The first-order valence-corrected chi connectivity index (χ1v) is 11.7. The highest BCUT2D eigenvalue weighted by Crippen LogP contribution is 2.49. The third-order valence-corrected chi connectivity index (χ3v) is 7.68. The van der Waals surface area contributed by atoms with Gasteiger partial charge in [0.1, 0.15) is 10.6 Å². The maximum Gasteiger partial charge on any atom is 0.339 e. The van der Waals surface area contributed by atoms with E-state index in [-0.39, 0.29) is 28.3 Å². The molecule has 4 atom stereocenters. The highest BCUT2D eigenvalue weighted by Gasteiger charge is 2.42. The quantitative estimate of drug-likeness (QED) is 0.393. The SMILES string of the molecule is C[C@@H](NC(=O)c1ccc(OS(=O)(=O)c2cccc([N+](=O)[O-])c2)cc1)[C@H]1C[C@@H]2CC[C@H]1C2. The molecule has 4 rings (SSSR count). The molecule has 1 N–H and O–H groups in total. The minimum absolute atomic E-state index is 0.0178. The van der Waals surface area contributed by atoms with Crippen molar-refractivity contribution in [3.8, 4) is 5.75 Å². The normalized spacial score (nSPS) is 23.3. The van der Waals surface area contributed by atoms with E-state index in [1.165, 1.54) is 68.1 Å². The van der Waals surface area contributed by atoms with Gasteiger partial charge < -0.3 is 9.50 Å². The Kier molecular flexibility index (Phi) is 5.70. The number of nitrogens with zero attached hydrogens (tertiary/aromatic N) is 1. The zero-order valence-electron chi connectivity index (χ0n) is 17.1. The lowest BCUT2D eigenvalue weighted by Crippen LogP contribution is -2.40. The Bertz CT molecular complexity index is 1100. The second-order valence-corrected chi connectivity index (χ2v) is 9.96. The lowest BCUT2D eigenvalue weighted by atomic mass is 9.84. The number of nitro benzene ring substituents is 1. The Morgan fingerprint density at radius 2 is 1.90 bits per heavy atom. The van der Waals surface area contributed by atoms with Crippen molar-refractivity contribution in [2.75, 3.05) is 0 Å².